The minimum absolute atomic E-state index is 0.0488. The largest absolute Gasteiger partial charge is 0.369 e. The number of nitrogens with zero attached hydrogens (tertiary/aromatic N) is 1. The monoisotopic (exact) mass is 242 g/mol. The number of primary amides is 1. The number of nitrogens with one attached hydrogen (secondary N) is 2. The maximum Gasteiger partial charge on any atom is 0.234 e. The van der Waals surface area contributed by atoms with E-state index in [1.807, 2.05) is 11.8 Å². The summed E-state index contributed by atoms with van der Waals surface area (Å²) >= 11 is 0. The van der Waals surface area contributed by atoms with E-state index in [-0.39, 0.29) is 30.9 Å². The second kappa shape index (κ2) is 7.24. The Morgan fingerprint density at radius 2 is 2.00 bits per heavy atom. The first-order valence-electron chi connectivity index (χ1n) is 6.13. The Kier molecular flexibility index (Phi) is 5.93. The summed E-state index contributed by atoms with van der Waals surface area (Å²) in [5.74, 6) is -0.430. The lowest BCUT2D eigenvalue weighted by Crippen LogP contribution is -2.50. The van der Waals surface area contributed by atoms with Gasteiger partial charge in [0.1, 0.15) is 0 Å². The van der Waals surface area contributed by atoms with Gasteiger partial charge in [0.05, 0.1) is 13.1 Å². The molecule has 0 unspecified atom stereocenters. The third-order valence-corrected chi connectivity index (χ3v) is 2.90. The van der Waals surface area contributed by atoms with Gasteiger partial charge in [-0.15, -0.1) is 0 Å². The lowest BCUT2D eigenvalue weighted by Gasteiger charge is -2.33. The molecule has 0 aromatic carbocycles. The van der Waals surface area contributed by atoms with Gasteiger partial charge >= 0.3 is 0 Å². The molecule has 1 rings (SSSR count). The van der Waals surface area contributed by atoms with Crippen molar-refractivity contribution in [2.24, 2.45) is 5.73 Å². The van der Waals surface area contributed by atoms with Crippen molar-refractivity contribution in [1.82, 2.24) is 15.5 Å². The lowest BCUT2D eigenvalue weighted by molar-refractivity contribution is -0.125. The van der Waals surface area contributed by atoms with Crippen molar-refractivity contribution in [3.8, 4) is 0 Å². The number of amides is 2. The van der Waals surface area contributed by atoms with Gasteiger partial charge in [0.25, 0.3) is 0 Å². The van der Waals surface area contributed by atoms with Crippen LogP contribution in [-0.2, 0) is 9.59 Å². The van der Waals surface area contributed by atoms with Crippen molar-refractivity contribution in [2.75, 3.05) is 32.7 Å². The highest BCUT2D eigenvalue weighted by Crippen LogP contribution is 2.10. The van der Waals surface area contributed by atoms with Crippen molar-refractivity contribution in [2.45, 2.75) is 25.8 Å². The molecule has 6 nitrogen and oxygen atoms in total. The maximum absolute atomic E-state index is 11.6. The summed E-state index contributed by atoms with van der Waals surface area (Å²) in [5, 5.41) is 6.00. The average Bonchev–Trinajstić information content (AvgIpc) is 2.29. The van der Waals surface area contributed by atoms with Crippen LogP contribution in [0.4, 0.5) is 0 Å². The van der Waals surface area contributed by atoms with E-state index in [2.05, 4.69) is 10.6 Å². The summed E-state index contributed by atoms with van der Waals surface area (Å²) < 4.78 is 0. The lowest BCUT2D eigenvalue weighted by atomic mass is 10.0. The third kappa shape index (κ3) is 5.14. The van der Waals surface area contributed by atoms with Crippen LogP contribution in [0, 0.1) is 0 Å². The molecular formula is C11H22N4O2. The number of hydrogen-bond donors (Lipinski definition) is 3. The van der Waals surface area contributed by atoms with E-state index in [9.17, 15) is 9.59 Å². The molecule has 1 aliphatic rings. The second-order valence-electron chi connectivity index (χ2n) is 4.31. The number of nitrogens with two attached hydrogens (primary N) is 1. The summed E-state index contributed by atoms with van der Waals surface area (Å²) in [6.07, 6.45) is 1.90. The standard InChI is InChI=1S/C11H22N4O2/c1-2-14-11(17)8-15(7-10(12)16)9-3-5-13-6-4-9/h9,13H,2-8H2,1H3,(H2,12,16)(H,14,17). The molecule has 0 atom stereocenters. The van der Waals surface area contributed by atoms with Crippen molar-refractivity contribution in [3.05, 3.63) is 0 Å². The van der Waals surface area contributed by atoms with Gasteiger partial charge in [0, 0.05) is 12.6 Å². The molecule has 0 radical (unpaired) electrons. The zero-order chi connectivity index (χ0) is 12.7. The van der Waals surface area contributed by atoms with E-state index >= 15 is 0 Å². The highest BCUT2D eigenvalue weighted by molar-refractivity contribution is 5.80. The molecule has 0 bridgehead atoms. The third-order valence-electron chi connectivity index (χ3n) is 2.90. The molecule has 1 aliphatic heterocycles. The number of carbonyl (C=O) groups excluding carboxylic acids is 2. The van der Waals surface area contributed by atoms with E-state index in [4.69, 9.17) is 5.73 Å². The smallest absolute Gasteiger partial charge is 0.234 e. The van der Waals surface area contributed by atoms with Crippen LogP contribution in [-0.4, -0.2) is 55.5 Å². The van der Waals surface area contributed by atoms with Crippen molar-refractivity contribution < 1.29 is 9.59 Å². The Morgan fingerprint density at radius 3 is 2.53 bits per heavy atom. The zero-order valence-corrected chi connectivity index (χ0v) is 10.4. The van der Waals surface area contributed by atoms with Gasteiger partial charge in [-0.2, -0.15) is 0 Å². The maximum atomic E-state index is 11.6. The van der Waals surface area contributed by atoms with Crippen LogP contribution in [0.2, 0.25) is 0 Å². The fourth-order valence-electron chi connectivity index (χ4n) is 2.12. The van der Waals surface area contributed by atoms with Crippen LogP contribution in [0.15, 0.2) is 0 Å². The molecule has 0 spiro atoms. The first-order valence-corrected chi connectivity index (χ1v) is 6.13. The molecule has 1 heterocycles. The second-order valence-corrected chi connectivity index (χ2v) is 4.31. The summed E-state index contributed by atoms with van der Waals surface area (Å²) in [7, 11) is 0. The molecule has 4 N–H and O–H groups in total. The Bertz CT molecular complexity index is 264. The van der Waals surface area contributed by atoms with Gasteiger partial charge in [0.15, 0.2) is 0 Å². The Balaban J connectivity index is 2.52. The summed E-state index contributed by atoms with van der Waals surface area (Å²) in [5.41, 5.74) is 5.22. The molecule has 1 fully saturated rings. The average molecular weight is 242 g/mol. The number of likely N-dealkylation sites (N-methyl/N-ethyl adjacent to an activating group) is 1. The highest BCUT2D eigenvalue weighted by Gasteiger charge is 2.23. The predicted octanol–water partition coefficient (Wildman–Crippen LogP) is -1.34. The topological polar surface area (TPSA) is 87.5 Å². The van der Waals surface area contributed by atoms with Crippen LogP contribution in [0.3, 0.4) is 0 Å². The van der Waals surface area contributed by atoms with E-state index in [0.29, 0.717) is 6.54 Å². The first-order chi connectivity index (χ1) is 8.13. The molecule has 0 aromatic heterocycles. The van der Waals surface area contributed by atoms with Crippen molar-refractivity contribution in [1.29, 1.82) is 0 Å². The van der Waals surface area contributed by atoms with Gasteiger partial charge in [-0.1, -0.05) is 0 Å². The van der Waals surface area contributed by atoms with E-state index in [1.54, 1.807) is 0 Å². The molecular weight excluding hydrogens is 220 g/mol. The van der Waals surface area contributed by atoms with Crippen LogP contribution in [0.25, 0.3) is 0 Å². The van der Waals surface area contributed by atoms with Crippen molar-refractivity contribution in [3.63, 3.8) is 0 Å². The Labute approximate surface area is 102 Å². The summed E-state index contributed by atoms with van der Waals surface area (Å²) in [6.45, 7) is 4.74. The van der Waals surface area contributed by atoms with Crippen LogP contribution < -0.4 is 16.4 Å². The van der Waals surface area contributed by atoms with Crippen LogP contribution in [0.1, 0.15) is 19.8 Å². The SMILES string of the molecule is CCNC(=O)CN(CC(N)=O)C1CCNCC1. The van der Waals surface area contributed by atoms with Gasteiger partial charge in [-0.25, -0.2) is 0 Å². The van der Waals surface area contributed by atoms with E-state index in [1.165, 1.54) is 0 Å². The minimum atomic E-state index is -0.382. The fraction of sp³-hybridized carbons (Fsp3) is 0.818. The fourth-order valence-corrected chi connectivity index (χ4v) is 2.12. The molecule has 0 aliphatic carbocycles. The summed E-state index contributed by atoms with van der Waals surface area (Å²) in [4.78, 5) is 24.5. The molecule has 1 saturated heterocycles. The number of piperidine rings is 1. The highest BCUT2D eigenvalue weighted by atomic mass is 16.2. The molecule has 17 heavy (non-hydrogen) atoms. The molecule has 0 aromatic rings. The minimum Gasteiger partial charge on any atom is -0.369 e. The van der Waals surface area contributed by atoms with Gasteiger partial charge in [-0.05, 0) is 32.9 Å². The number of carbonyl (C=O) groups is 2. The van der Waals surface area contributed by atoms with Crippen LogP contribution in [0.5, 0.6) is 0 Å². The molecule has 98 valence electrons. The number of hydrogen-bond acceptors (Lipinski definition) is 4. The number of rotatable bonds is 6. The molecule has 2 amide bonds. The normalized spacial score (nSPS) is 17.1. The van der Waals surface area contributed by atoms with E-state index < -0.39 is 0 Å². The Morgan fingerprint density at radius 1 is 1.35 bits per heavy atom. The molecule has 6 heteroatoms. The van der Waals surface area contributed by atoms with Crippen LogP contribution >= 0.6 is 0 Å². The molecule has 0 saturated carbocycles. The van der Waals surface area contributed by atoms with E-state index in [0.717, 1.165) is 25.9 Å². The predicted molar refractivity (Wildman–Crippen MR) is 65.3 cm³/mol. The Hall–Kier alpha value is -1.14. The zero-order valence-electron chi connectivity index (χ0n) is 10.4. The quantitative estimate of drug-likeness (QED) is 0.538. The first kappa shape index (κ1) is 13.9. The summed E-state index contributed by atoms with van der Waals surface area (Å²) in [6, 6.07) is 0.270. The van der Waals surface area contributed by atoms with Gasteiger partial charge in [0.2, 0.25) is 11.8 Å². The van der Waals surface area contributed by atoms with Gasteiger partial charge in [-0.3, -0.25) is 14.5 Å². The van der Waals surface area contributed by atoms with Gasteiger partial charge < -0.3 is 16.4 Å². The van der Waals surface area contributed by atoms with Crippen molar-refractivity contribution >= 4 is 11.8 Å².